The average Bonchev–Trinajstić information content (AvgIpc) is 3.09. The first-order valence-corrected chi connectivity index (χ1v) is 8.63. The minimum Gasteiger partial charge on any atom is -0.286 e. The monoisotopic (exact) mass is 331 g/mol. The maximum Gasteiger partial charge on any atom is 0.266 e. The molecule has 2 heterocycles. The van der Waals surface area contributed by atoms with Crippen molar-refractivity contribution in [2.24, 2.45) is 0 Å². The summed E-state index contributed by atoms with van der Waals surface area (Å²) in [6.45, 7) is 2.01. The molecule has 2 nitrogen and oxygen atoms in total. The second-order valence-electron chi connectivity index (χ2n) is 4.65. The molecular formula is C16H13NOS3. The van der Waals surface area contributed by atoms with E-state index < -0.39 is 0 Å². The van der Waals surface area contributed by atoms with E-state index in [0.717, 1.165) is 10.4 Å². The Morgan fingerprint density at radius 2 is 1.95 bits per heavy atom. The smallest absolute Gasteiger partial charge is 0.266 e. The molecule has 21 heavy (non-hydrogen) atoms. The highest BCUT2D eigenvalue weighted by Gasteiger charge is 2.35. The molecule has 1 aliphatic heterocycles. The lowest BCUT2D eigenvalue weighted by Crippen LogP contribution is -2.30. The number of thioether (sulfide) groups is 1. The molecule has 5 heteroatoms. The summed E-state index contributed by atoms with van der Waals surface area (Å²) in [6, 6.07) is 13.9. The number of nitrogens with zero attached hydrogens (tertiary/aromatic N) is 1. The molecule has 1 aromatic carbocycles. The van der Waals surface area contributed by atoms with Crippen LogP contribution in [0.15, 0.2) is 52.7 Å². The van der Waals surface area contributed by atoms with Crippen LogP contribution in [0.1, 0.15) is 23.4 Å². The lowest BCUT2D eigenvalue weighted by atomic mass is 10.1. The number of thiocarbonyl (C=S) groups is 1. The fourth-order valence-corrected chi connectivity index (χ4v) is 4.34. The molecule has 1 atom stereocenters. The van der Waals surface area contributed by atoms with Crippen LogP contribution in [-0.2, 0) is 4.79 Å². The summed E-state index contributed by atoms with van der Waals surface area (Å²) in [5.41, 5.74) is 1.09. The number of hydrogen-bond donors (Lipinski definition) is 0. The number of rotatable bonds is 3. The zero-order valence-corrected chi connectivity index (χ0v) is 13.8. The zero-order valence-electron chi connectivity index (χ0n) is 11.4. The van der Waals surface area contributed by atoms with Crippen LogP contribution >= 0.6 is 35.3 Å². The van der Waals surface area contributed by atoms with Crippen molar-refractivity contribution in [1.29, 1.82) is 0 Å². The second-order valence-corrected chi connectivity index (χ2v) is 7.31. The predicted octanol–water partition coefficient (Wildman–Crippen LogP) is 4.71. The molecular weight excluding hydrogens is 318 g/mol. The van der Waals surface area contributed by atoms with Crippen molar-refractivity contribution >= 4 is 51.6 Å². The molecule has 0 unspecified atom stereocenters. The van der Waals surface area contributed by atoms with Gasteiger partial charge in [0.2, 0.25) is 0 Å². The molecule has 1 aromatic heterocycles. The van der Waals surface area contributed by atoms with Crippen LogP contribution in [0.4, 0.5) is 0 Å². The van der Waals surface area contributed by atoms with Crippen molar-refractivity contribution in [1.82, 2.24) is 4.90 Å². The topological polar surface area (TPSA) is 20.3 Å². The maximum absolute atomic E-state index is 12.6. The van der Waals surface area contributed by atoms with Crippen LogP contribution < -0.4 is 0 Å². The fraction of sp³-hybridized carbons (Fsp3) is 0.125. The van der Waals surface area contributed by atoms with Gasteiger partial charge in [-0.2, -0.15) is 0 Å². The second kappa shape index (κ2) is 6.13. The quantitative estimate of drug-likeness (QED) is 0.600. The summed E-state index contributed by atoms with van der Waals surface area (Å²) in [5.74, 6) is -0.00486. The van der Waals surface area contributed by atoms with Gasteiger partial charge in [-0.25, -0.2) is 0 Å². The van der Waals surface area contributed by atoms with Gasteiger partial charge < -0.3 is 0 Å². The van der Waals surface area contributed by atoms with Crippen molar-refractivity contribution in [3.05, 3.63) is 63.2 Å². The Bertz CT molecular complexity index is 692. The average molecular weight is 331 g/mol. The van der Waals surface area contributed by atoms with Gasteiger partial charge in [-0.15, -0.1) is 11.3 Å². The third-order valence-electron chi connectivity index (χ3n) is 3.31. The van der Waals surface area contributed by atoms with E-state index in [0.29, 0.717) is 9.23 Å². The highest BCUT2D eigenvalue weighted by atomic mass is 32.2. The molecule has 0 spiro atoms. The maximum atomic E-state index is 12.6. The first-order valence-electron chi connectivity index (χ1n) is 6.52. The van der Waals surface area contributed by atoms with Crippen molar-refractivity contribution in [3.63, 3.8) is 0 Å². The van der Waals surface area contributed by atoms with E-state index in [2.05, 4.69) is 0 Å². The van der Waals surface area contributed by atoms with Crippen LogP contribution in [0.25, 0.3) is 6.08 Å². The van der Waals surface area contributed by atoms with Gasteiger partial charge in [-0.05, 0) is 30.0 Å². The fourth-order valence-electron chi connectivity index (χ4n) is 2.20. The van der Waals surface area contributed by atoms with Crippen molar-refractivity contribution in [2.45, 2.75) is 13.0 Å². The van der Waals surface area contributed by atoms with Crippen LogP contribution in [0.5, 0.6) is 0 Å². The van der Waals surface area contributed by atoms with Crippen LogP contribution in [-0.4, -0.2) is 15.1 Å². The van der Waals surface area contributed by atoms with Crippen molar-refractivity contribution < 1.29 is 4.79 Å². The largest absolute Gasteiger partial charge is 0.286 e. The number of amides is 1. The molecule has 1 amide bonds. The Morgan fingerprint density at radius 3 is 2.62 bits per heavy atom. The molecule has 0 radical (unpaired) electrons. The highest BCUT2D eigenvalue weighted by Crippen LogP contribution is 2.38. The van der Waals surface area contributed by atoms with E-state index in [-0.39, 0.29) is 11.9 Å². The SMILES string of the molecule is C[C@H](c1ccccc1)N1C(=O)/C(=C/c2cccs2)SC1=S. The van der Waals surface area contributed by atoms with E-state index in [9.17, 15) is 4.79 Å². The lowest BCUT2D eigenvalue weighted by Gasteiger charge is -2.23. The molecule has 2 aromatic rings. The van der Waals surface area contributed by atoms with Crippen LogP contribution in [0.2, 0.25) is 0 Å². The highest BCUT2D eigenvalue weighted by molar-refractivity contribution is 8.26. The van der Waals surface area contributed by atoms with E-state index in [1.807, 2.05) is 60.8 Å². The number of thiophene rings is 1. The Labute approximate surface area is 137 Å². The normalized spacial score (nSPS) is 18.5. The lowest BCUT2D eigenvalue weighted by molar-refractivity contribution is -0.123. The standard InChI is InChI=1S/C16H13NOS3/c1-11(12-6-3-2-4-7-12)17-15(18)14(21-16(17)19)10-13-8-5-9-20-13/h2-11H,1H3/b14-10-/t11-/m1/s1. The third-order valence-corrected chi connectivity index (χ3v) is 5.46. The Balaban J connectivity index is 1.88. The van der Waals surface area contributed by atoms with E-state index >= 15 is 0 Å². The summed E-state index contributed by atoms with van der Waals surface area (Å²) in [4.78, 5) is 16.1. The van der Waals surface area contributed by atoms with Crippen LogP contribution in [0.3, 0.4) is 0 Å². The Hall–Kier alpha value is -1.43. The number of hydrogen-bond acceptors (Lipinski definition) is 4. The zero-order chi connectivity index (χ0) is 14.8. The molecule has 1 aliphatic rings. The van der Waals surface area contributed by atoms with Gasteiger partial charge in [0.05, 0.1) is 10.9 Å². The molecule has 1 saturated heterocycles. The van der Waals surface area contributed by atoms with E-state index in [1.54, 1.807) is 16.2 Å². The van der Waals surface area contributed by atoms with Crippen LogP contribution in [0, 0.1) is 0 Å². The molecule has 0 bridgehead atoms. The van der Waals surface area contributed by atoms with E-state index in [4.69, 9.17) is 12.2 Å². The summed E-state index contributed by atoms with van der Waals surface area (Å²) < 4.78 is 0.624. The summed E-state index contributed by atoms with van der Waals surface area (Å²) >= 11 is 8.39. The van der Waals surface area contributed by atoms with Gasteiger partial charge in [0, 0.05) is 4.88 Å². The predicted molar refractivity (Wildman–Crippen MR) is 94.2 cm³/mol. The molecule has 0 aliphatic carbocycles. The van der Waals surface area contributed by atoms with Gasteiger partial charge in [-0.3, -0.25) is 9.69 Å². The van der Waals surface area contributed by atoms with E-state index in [1.165, 1.54) is 11.8 Å². The Kier molecular flexibility index (Phi) is 4.24. The summed E-state index contributed by atoms with van der Waals surface area (Å²) in [7, 11) is 0. The van der Waals surface area contributed by atoms with Gasteiger partial charge in [0.25, 0.3) is 5.91 Å². The Morgan fingerprint density at radius 1 is 1.19 bits per heavy atom. The van der Waals surface area contributed by atoms with Gasteiger partial charge in [0.15, 0.2) is 0 Å². The minimum absolute atomic E-state index is 0.00486. The molecule has 0 saturated carbocycles. The van der Waals surface area contributed by atoms with Gasteiger partial charge in [-0.1, -0.05) is 60.4 Å². The number of benzene rings is 1. The minimum atomic E-state index is -0.0482. The number of carbonyl (C=O) groups excluding carboxylic acids is 1. The van der Waals surface area contributed by atoms with Gasteiger partial charge >= 0.3 is 0 Å². The first-order chi connectivity index (χ1) is 10.2. The first kappa shape index (κ1) is 14.5. The summed E-state index contributed by atoms with van der Waals surface area (Å²) in [5, 5.41) is 2.00. The summed E-state index contributed by atoms with van der Waals surface area (Å²) in [6.07, 6.45) is 1.92. The van der Waals surface area contributed by atoms with Gasteiger partial charge in [0.1, 0.15) is 4.32 Å². The number of carbonyl (C=O) groups is 1. The van der Waals surface area contributed by atoms with Crippen molar-refractivity contribution in [3.8, 4) is 0 Å². The third kappa shape index (κ3) is 2.95. The molecule has 1 fully saturated rings. The van der Waals surface area contributed by atoms with Crippen molar-refractivity contribution in [2.75, 3.05) is 0 Å². The molecule has 3 rings (SSSR count). The molecule has 0 N–H and O–H groups in total. The molecule has 106 valence electrons.